The van der Waals surface area contributed by atoms with Crippen molar-refractivity contribution in [2.45, 2.75) is 18.8 Å². The number of aromatic amines is 1. The van der Waals surface area contributed by atoms with Crippen LogP contribution in [0, 0.1) is 0 Å². The molecule has 23 heavy (non-hydrogen) atoms. The third kappa shape index (κ3) is 2.50. The van der Waals surface area contributed by atoms with Crippen molar-refractivity contribution >= 4 is 16.9 Å². The highest BCUT2D eigenvalue weighted by Gasteiger charge is 2.25. The largest absolute Gasteiger partial charge is 0.342 e. The van der Waals surface area contributed by atoms with E-state index in [1.165, 1.54) is 0 Å². The predicted octanol–water partition coefficient (Wildman–Crippen LogP) is 2.04. The highest BCUT2D eigenvalue weighted by molar-refractivity contribution is 5.78. The number of nitrogens with zero attached hydrogens (tertiary/aromatic N) is 4. The van der Waals surface area contributed by atoms with E-state index in [2.05, 4.69) is 24.4 Å². The van der Waals surface area contributed by atoms with Crippen LogP contribution in [-0.4, -0.2) is 32.6 Å². The second-order valence-electron chi connectivity index (χ2n) is 6.09. The fraction of sp³-hybridized carbons (Fsp3) is 0.353. The quantitative estimate of drug-likeness (QED) is 0.786. The zero-order valence-corrected chi connectivity index (χ0v) is 13.1. The summed E-state index contributed by atoms with van der Waals surface area (Å²) >= 11 is 0. The lowest BCUT2D eigenvalue weighted by Gasteiger charge is -2.32. The zero-order valence-electron chi connectivity index (χ0n) is 13.1. The highest BCUT2D eigenvalue weighted by Crippen LogP contribution is 2.27. The minimum Gasteiger partial charge on any atom is -0.342 e. The van der Waals surface area contributed by atoms with Gasteiger partial charge in [0.2, 0.25) is 5.95 Å². The van der Waals surface area contributed by atoms with Gasteiger partial charge in [0.25, 0.3) is 5.56 Å². The predicted molar refractivity (Wildman–Crippen MR) is 89.8 cm³/mol. The molecule has 6 heteroatoms. The van der Waals surface area contributed by atoms with Crippen molar-refractivity contribution in [2.24, 2.45) is 7.05 Å². The number of para-hydroxylation sites is 1. The number of rotatable bonds is 2. The van der Waals surface area contributed by atoms with Crippen molar-refractivity contribution in [1.29, 1.82) is 0 Å². The van der Waals surface area contributed by atoms with Crippen molar-refractivity contribution in [3.05, 3.63) is 52.8 Å². The maximum atomic E-state index is 12.3. The number of hydrogen-bond donors (Lipinski definition) is 1. The fourth-order valence-corrected chi connectivity index (χ4v) is 3.37. The van der Waals surface area contributed by atoms with Crippen LogP contribution in [0.25, 0.3) is 10.9 Å². The van der Waals surface area contributed by atoms with Gasteiger partial charge < -0.3 is 9.47 Å². The van der Waals surface area contributed by atoms with E-state index in [1.54, 1.807) is 6.07 Å². The first-order valence-corrected chi connectivity index (χ1v) is 7.93. The van der Waals surface area contributed by atoms with Gasteiger partial charge in [0.1, 0.15) is 5.82 Å². The van der Waals surface area contributed by atoms with Crippen LogP contribution in [-0.2, 0) is 7.05 Å². The van der Waals surface area contributed by atoms with Crippen LogP contribution in [0.2, 0.25) is 0 Å². The summed E-state index contributed by atoms with van der Waals surface area (Å²) in [6.45, 7) is 1.73. The molecule has 0 radical (unpaired) electrons. The summed E-state index contributed by atoms with van der Waals surface area (Å²) in [5.41, 5.74) is 0.662. The molecule has 0 saturated carbocycles. The first-order valence-electron chi connectivity index (χ1n) is 7.93. The first kappa shape index (κ1) is 14.0. The van der Waals surface area contributed by atoms with Gasteiger partial charge in [0.05, 0.1) is 10.9 Å². The van der Waals surface area contributed by atoms with Gasteiger partial charge in [0, 0.05) is 38.4 Å². The number of anilines is 1. The van der Waals surface area contributed by atoms with E-state index >= 15 is 0 Å². The number of aromatic nitrogens is 4. The van der Waals surface area contributed by atoms with E-state index in [0.29, 0.717) is 17.3 Å². The topological polar surface area (TPSA) is 66.8 Å². The van der Waals surface area contributed by atoms with Gasteiger partial charge in [-0.2, -0.15) is 0 Å². The number of H-pyrrole nitrogens is 1. The van der Waals surface area contributed by atoms with Crippen LogP contribution in [0.1, 0.15) is 24.6 Å². The van der Waals surface area contributed by atoms with Crippen LogP contribution < -0.4 is 10.5 Å². The lowest BCUT2D eigenvalue weighted by Crippen LogP contribution is -2.37. The van der Waals surface area contributed by atoms with Gasteiger partial charge in [-0.3, -0.25) is 9.78 Å². The van der Waals surface area contributed by atoms with Crippen LogP contribution in [0.15, 0.2) is 41.5 Å². The van der Waals surface area contributed by atoms with E-state index in [4.69, 9.17) is 0 Å². The third-order valence-electron chi connectivity index (χ3n) is 4.54. The molecule has 2 aromatic heterocycles. The Morgan fingerprint density at radius 3 is 3.00 bits per heavy atom. The fourth-order valence-electron chi connectivity index (χ4n) is 3.37. The molecule has 6 nitrogen and oxygen atoms in total. The third-order valence-corrected chi connectivity index (χ3v) is 4.54. The molecule has 1 aliphatic rings. The average molecular weight is 309 g/mol. The Morgan fingerprint density at radius 1 is 1.30 bits per heavy atom. The number of imidazole rings is 1. The molecule has 3 aromatic rings. The molecule has 1 atom stereocenters. The van der Waals surface area contributed by atoms with Gasteiger partial charge in [-0.05, 0) is 25.0 Å². The number of piperidine rings is 1. The van der Waals surface area contributed by atoms with Crippen molar-refractivity contribution < 1.29 is 0 Å². The SMILES string of the molecule is Cn1ccnc1C1CCCN(c2nc3ccccc3c(=O)[nH]2)C1. The Kier molecular flexibility index (Phi) is 3.37. The molecule has 1 N–H and O–H groups in total. The lowest BCUT2D eigenvalue weighted by atomic mass is 9.97. The molecule has 1 aromatic carbocycles. The van der Waals surface area contributed by atoms with Crippen molar-refractivity contribution in [1.82, 2.24) is 19.5 Å². The Morgan fingerprint density at radius 2 is 2.17 bits per heavy atom. The van der Waals surface area contributed by atoms with E-state index < -0.39 is 0 Å². The van der Waals surface area contributed by atoms with Crippen LogP contribution in [0.3, 0.4) is 0 Å². The Balaban J connectivity index is 1.68. The Bertz CT molecular complexity index is 897. The van der Waals surface area contributed by atoms with Gasteiger partial charge in [-0.1, -0.05) is 12.1 Å². The summed E-state index contributed by atoms with van der Waals surface area (Å²) in [5, 5.41) is 0.633. The van der Waals surface area contributed by atoms with Gasteiger partial charge in [-0.25, -0.2) is 9.97 Å². The number of nitrogens with one attached hydrogen (secondary N) is 1. The van der Waals surface area contributed by atoms with E-state index in [0.717, 1.165) is 37.3 Å². The molecule has 0 bridgehead atoms. The highest BCUT2D eigenvalue weighted by atomic mass is 16.1. The molecular weight excluding hydrogens is 290 g/mol. The monoisotopic (exact) mass is 309 g/mol. The molecule has 1 fully saturated rings. The van der Waals surface area contributed by atoms with Crippen LogP contribution in [0.5, 0.6) is 0 Å². The zero-order chi connectivity index (χ0) is 15.8. The van der Waals surface area contributed by atoms with Crippen molar-refractivity contribution in [2.75, 3.05) is 18.0 Å². The van der Waals surface area contributed by atoms with Crippen LogP contribution in [0.4, 0.5) is 5.95 Å². The molecule has 4 rings (SSSR count). The maximum absolute atomic E-state index is 12.3. The van der Waals surface area contributed by atoms with E-state index in [-0.39, 0.29) is 5.56 Å². The van der Waals surface area contributed by atoms with Gasteiger partial charge >= 0.3 is 0 Å². The smallest absolute Gasteiger partial charge is 0.260 e. The second-order valence-corrected chi connectivity index (χ2v) is 6.09. The summed E-state index contributed by atoms with van der Waals surface area (Å²) in [7, 11) is 2.03. The molecule has 118 valence electrons. The second kappa shape index (κ2) is 5.53. The molecule has 0 amide bonds. The summed E-state index contributed by atoms with van der Waals surface area (Å²) in [6.07, 6.45) is 5.99. The standard InChI is InChI=1S/C17H19N5O/c1-21-10-8-18-15(21)12-5-4-9-22(11-12)17-19-14-7-3-2-6-13(14)16(23)20-17/h2-3,6-8,10,12H,4-5,9,11H2,1H3,(H,19,20,23). The molecule has 0 spiro atoms. The summed E-state index contributed by atoms with van der Waals surface area (Å²) < 4.78 is 2.07. The summed E-state index contributed by atoms with van der Waals surface area (Å²) in [5.74, 6) is 2.12. The summed E-state index contributed by atoms with van der Waals surface area (Å²) in [6, 6.07) is 7.45. The molecule has 1 unspecified atom stereocenters. The van der Waals surface area contributed by atoms with Gasteiger partial charge in [-0.15, -0.1) is 0 Å². The minimum absolute atomic E-state index is 0.0790. The van der Waals surface area contributed by atoms with Crippen molar-refractivity contribution in [3.8, 4) is 0 Å². The molecule has 0 aliphatic carbocycles. The number of aryl methyl sites for hydroxylation is 1. The molecule has 3 heterocycles. The minimum atomic E-state index is -0.0790. The maximum Gasteiger partial charge on any atom is 0.260 e. The van der Waals surface area contributed by atoms with E-state index in [9.17, 15) is 4.79 Å². The summed E-state index contributed by atoms with van der Waals surface area (Å²) in [4.78, 5) is 26.5. The Labute approximate surface area is 133 Å². The first-order chi connectivity index (χ1) is 11.2. The normalized spacial score (nSPS) is 18.5. The average Bonchev–Trinajstić information content (AvgIpc) is 3.01. The van der Waals surface area contributed by atoms with Crippen LogP contribution >= 0.6 is 0 Å². The Hall–Kier alpha value is -2.63. The molecule has 1 saturated heterocycles. The molecule has 1 aliphatic heterocycles. The van der Waals surface area contributed by atoms with Crippen molar-refractivity contribution in [3.63, 3.8) is 0 Å². The lowest BCUT2D eigenvalue weighted by molar-refractivity contribution is 0.476. The number of benzene rings is 1. The number of hydrogen-bond acceptors (Lipinski definition) is 4. The van der Waals surface area contributed by atoms with Gasteiger partial charge in [0.15, 0.2) is 0 Å². The molecular formula is C17H19N5O. The number of fused-ring (bicyclic) bond motifs is 1. The van der Waals surface area contributed by atoms with E-state index in [1.807, 2.05) is 37.6 Å².